The van der Waals surface area contributed by atoms with Crippen molar-refractivity contribution in [1.82, 2.24) is 0 Å². The van der Waals surface area contributed by atoms with Crippen LogP contribution >= 0.6 is 0 Å². The van der Waals surface area contributed by atoms with Crippen molar-refractivity contribution >= 4 is 16.8 Å². The summed E-state index contributed by atoms with van der Waals surface area (Å²) in [4.78, 5) is 0. The minimum absolute atomic E-state index is 1.09. The fourth-order valence-corrected chi connectivity index (χ4v) is 2.93. The molecule has 0 saturated carbocycles. The van der Waals surface area contributed by atoms with E-state index < -0.39 is 0 Å². The third kappa shape index (κ3) is 1.46. The lowest BCUT2D eigenvalue weighted by Crippen LogP contribution is -1.88. The van der Waals surface area contributed by atoms with Crippen LogP contribution in [0.25, 0.3) is 16.8 Å². The number of hydrogen-bond donors (Lipinski definition) is 0. The Morgan fingerprint density at radius 2 is 1.72 bits per heavy atom. The van der Waals surface area contributed by atoms with Crippen molar-refractivity contribution in [3.05, 3.63) is 76.9 Å². The van der Waals surface area contributed by atoms with Gasteiger partial charge in [-0.2, -0.15) is 0 Å². The normalized spacial score (nSPS) is 16.9. The SMILES string of the molecule is C1=CCC(C2=Cc3cc4ccccc4cc3C2)=C1. The van der Waals surface area contributed by atoms with Gasteiger partial charge >= 0.3 is 0 Å². The Labute approximate surface area is 107 Å². The first-order chi connectivity index (χ1) is 8.90. The van der Waals surface area contributed by atoms with Gasteiger partial charge in [0, 0.05) is 0 Å². The predicted octanol–water partition coefficient (Wildman–Crippen LogP) is 4.67. The molecular weight excluding hydrogens is 216 g/mol. The monoisotopic (exact) mass is 230 g/mol. The van der Waals surface area contributed by atoms with E-state index in [2.05, 4.69) is 60.7 Å². The molecule has 2 aromatic carbocycles. The molecule has 0 aliphatic heterocycles. The smallest absolute Gasteiger partial charge is 0.00165 e. The fourth-order valence-electron chi connectivity index (χ4n) is 2.93. The summed E-state index contributed by atoms with van der Waals surface area (Å²) < 4.78 is 0. The van der Waals surface area contributed by atoms with Crippen LogP contribution in [-0.2, 0) is 6.42 Å². The number of rotatable bonds is 1. The zero-order chi connectivity index (χ0) is 11.9. The van der Waals surface area contributed by atoms with Gasteiger partial charge in [-0.3, -0.25) is 0 Å². The molecule has 0 heteroatoms. The maximum Gasteiger partial charge on any atom is -0.00165 e. The summed E-state index contributed by atoms with van der Waals surface area (Å²) in [6, 6.07) is 13.3. The molecule has 0 heterocycles. The van der Waals surface area contributed by atoms with Gasteiger partial charge in [-0.25, -0.2) is 0 Å². The lowest BCUT2D eigenvalue weighted by molar-refractivity contribution is 1.16. The molecule has 0 nitrogen and oxygen atoms in total. The quantitative estimate of drug-likeness (QED) is 0.668. The topological polar surface area (TPSA) is 0 Å². The van der Waals surface area contributed by atoms with Gasteiger partial charge in [0.1, 0.15) is 0 Å². The Morgan fingerprint density at radius 3 is 2.50 bits per heavy atom. The molecule has 2 aliphatic rings. The van der Waals surface area contributed by atoms with E-state index >= 15 is 0 Å². The molecule has 0 spiro atoms. The van der Waals surface area contributed by atoms with Crippen molar-refractivity contribution in [2.75, 3.05) is 0 Å². The van der Waals surface area contributed by atoms with E-state index in [1.165, 1.54) is 33.0 Å². The Bertz CT molecular complexity index is 727. The van der Waals surface area contributed by atoms with E-state index in [0.29, 0.717) is 0 Å². The second kappa shape index (κ2) is 3.71. The summed E-state index contributed by atoms with van der Waals surface area (Å²) in [7, 11) is 0. The molecule has 2 aromatic rings. The first-order valence-corrected chi connectivity index (χ1v) is 6.48. The maximum absolute atomic E-state index is 2.36. The molecule has 0 N–H and O–H groups in total. The molecule has 0 bridgehead atoms. The fraction of sp³-hybridized carbons (Fsp3) is 0.111. The van der Waals surface area contributed by atoms with Crippen molar-refractivity contribution in [1.29, 1.82) is 0 Å². The third-order valence-electron chi connectivity index (χ3n) is 3.90. The van der Waals surface area contributed by atoms with Crippen LogP contribution < -0.4 is 0 Å². The summed E-state index contributed by atoms with van der Waals surface area (Å²) in [5.74, 6) is 0. The molecule has 0 fully saturated rings. The molecule has 0 saturated heterocycles. The molecule has 0 unspecified atom stereocenters. The first kappa shape index (κ1) is 9.90. The van der Waals surface area contributed by atoms with Gasteiger partial charge in [-0.15, -0.1) is 0 Å². The van der Waals surface area contributed by atoms with Gasteiger partial charge < -0.3 is 0 Å². The van der Waals surface area contributed by atoms with E-state index in [4.69, 9.17) is 0 Å². The van der Waals surface area contributed by atoms with E-state index in [-0.39, 0.29) is 0 Å². The van der Waals surface area contributed by atoms with Crippen molar-refractivity contribution in [3.8, 4) is 0 Å². The largest absolute Gasteiger partial charge is 0.0801 e. The van der Waals surface area contributed by atoms with E-state index in [0.717, 1.165) is 12.8 Å². The van der Waals surface area contributed by atoms with E-state index in [9.17, 15) is 0 Å². The number of allylic oxidation sites excluding steroid dienone is 5. The van der Waals surface area contributed by atoms with Crippen molar-refractivity contribution in [3.63, 3.8) is 0 Å². The van der Waals surface area contributed by atoms with Gasteiger partial charge in [0.15, 0.2) is 0 Å². The van der Waals surface area contributed by atoms with Crippen LogP contribution in [0.15, 0.2) is 65.8 Å². The lowest BCUT2D eigenvalue weighted by atomic mass is 10.0. The highest BCUT2D eigenvalue weighted by atomic mass is 14.2. The van der Waals surface area contributed by atoms with Gasteiger partial charge in [-0.1, -0.05) is 54.6 Å². The van der Waals surface area contributed by atoms with Crippen LogP contribution in [0.3, 0.4) is 0 Å². The molecule has 0 amide bonds. The second-order valence-corrected chi connectivity index (χ2v) is 5.07. The summed E-state index contributed by atoms with van der Waals surface area (Å²) >= 11 is 0. The average molecular weight is 230 g/mol. The molecule has 2 aliphatic carbocycles. The highest BCUT2D eigenvalue weighted by Crippen LogP contribution is 2.34. The maximum atomic E-state index is 2.36. The van der Waals surface area contributed by atoms with Gasteiger partial charge in [0.25, 0.3) is 0 Å². The summed E-state index contributed by atoms with van der Waals surface area (Å²) in [5, 5.41) is 2.69. The Balaban J connectivity index is 1.81. The van der Waals surface area contributed by atoms with Crippen LogP contribution in [0.2, 0.25) is 0 Å². The first-order valence-electron chi connectivity index (χ1n) is 6.48. The molecule has 0 aromatic heterocycles. The second-order valence-electron chi connectivity index (χ2n) is 5.07. The minimum atomic E-state index is 1.09. The standard InChI is InChI=1S/C18H14/c1-2-6-13(5-1)16-11-17-9-14-7-3-4-8-15(14)10-18(17)12-16/h1-5,7-11H,6,12H2. The molecule has 18 heavy (non-hydrogen) atoms. The van der Waals surface area contributed by atoms with Crippen molar-refractivity contribution in [2.24, 2.45) is 0 Å². The summed E-state index contributed by atoms with van der Waals surface area (Å²) in [5.41, 5.74) is 5.84. The Kier molecular flexibility index (Phi) is 2.04. The Hall–Kier alpha value is -2.08. The summed E-state index contributed by atoms with van der Waals surface area (Å²) in [6.45, 7) is 0. The molecule has 86 valence electrons. The van der Waals surface area contributed by atoms with E-state index in [1.54, 1.807) is 0 Å². The van der Waals surface area contributed by atoms with Crippen LogP contribution in [0, 0.1) is 0 Å². The van der Waals surface area contributed by atoms with Crippen LogP contribution in [0.4, 0.5) is 0 Å². The highest BCUT2D eigenvalue weighted by molar-refractivity contribution is 5.88. The van der Waals surface area contributed by atoms with Gasteiger partial charge in [0.2, 0.25) is 0 Å². The van der Waals surface area contributed by atoms with Crippen LogP contribution in [0.1, 0.15) is 17.5 Å². The van der Waals surface area contributed by atoms with Crippen LogP contribution in [0.5, 0.6) is 0 Å². The molecule has 0 atom stereocenters. The average Bonchev–Trinajstić information content (AvgIpc) is 3.04. The number of fused-ring (bicyclic) bond motifs is 2. The van der Waals surface area contributed by atoms with Crippen molar-refractivity contribution < 1.29 is 0 Å². The Morgan fingerprint density at radius 1 is 0.889 bits per heavy atom. The van der Waals surface area contributed by atoms with Crippen molar-refractivity contribution in [2.45, 2.75) is 12.8 Å². The summed E-state index contributed by atoms with van der Waals surface area (Å²) in [6.07, 6.45) is 11.2. The lowest BCUT2D eigenvalue weighted by Gasteiger charge is -2.03. The third-order valence-corrected chi connectivity index (χ3v) is 3.90. The van der Waals surface area contributed by atoms with E-state index in [1.807, 2.05) is 0 Å². The highest BCUT2D eigenvalue weighted by Gasteiger charge is 2.16. The minimum Gasteiger partial charge on any atom is -0.0801 e. The van der Waals surface area contributed by atoms with Gasteiger partial charge in [0.05, 0.1) is 0 Å². The molecular formula is C18H14. The van der Waals surface area contributed by atoms with Crippen LogP contribution in [-0.4, -0.2) is 0 Å². The molecule has 0 radical (unpaired) electrons. The predicted molar refractivity (Wildman–Crippen MR) is 77.5 cm³/mol. The zero-order valence-electron chi connectivity index (χ0n) is 10.2. The number of benzene rings is 2. The van der Waals surface area contributed by atoms with Gasteiger partial charge in [-0.05, 0) is 52.0 Å². The zero-order valence-corrected chi connectivity index (χ0v) is 10.2. The number of hydrogen-bond acceptors (Lipinski definition) is 0. The molecule has 4 rings (SSSR count).